The first-order chi connectivity index (χ1) is 16.4. The fourth-order valence-corrected chi connectivity index (χ4v) is 5.18. The van der Waals surface area contributed by atoms with E-state index in [0.29, 0.717) is 15.9 Å². The minimum absolute atomic E-state index is 0.111. The van der Waals surface area contributed by atoms with Gasteiger partial charge >= 0.3 is 5.97 Å². The molecule has 34 heavy (non-hydrogen) atoms. The molecule has 0 aliphatic carbocycles. The van der Waals surface area contributed by atoms with E-state index in [1.807, 2.05) is 56.4 Å². The molecule has 10 heteroatoms. The Morgan fingerprint density at radius 1 is 1.18 bits per heavy atom. The van der Waals surface area contributed by atoms with Gasteiger partial charge in [0.25, 0.3) is 0 Å². The third-order valence-electron chi connectivity index (χ3n) is 5.28. The van der Waals surface area contributed by atoms with E-state index >= 15 is 0 Å². The van der Waals surface area contributed by atoms with Crippen LogP contribution in [0.15, 0.2) is 53.0 Å². The van der Waals surface area contributed by atoms with E-state index in [0.717, 1.165) is 27.7 Å². The van der Waals surface area contributed by atoms with Gasteiger partial charge in [-0.2, -0.15) is 0 Å². The number of para-hydroxylation sites is 1. The highest BCUT2D eigenvalue weighted by Gasteiger charge is 2.23. The van der Waals surface area contributed by atoms with Crippen LogP contribution in [0.4, 0.5) is 10.8 Å². The Morgan fingerprint density at radius 3 is 2.79 bits per heavy atom. The molecule has 1 amide bonds. The summed E-state index contributed by atoms with van der Waals surface area (Å²) in [6, 6.07) is 13.2. The first-order valence-corrected chi connectivity index (χ1v) is 12.5. The molecule has 0 fully saturated rings. The Labute approximate surface area is 205 Å². The molecule has 0 saturated carbocycles. The zero-order valence-corrected chi connectivity index (χ0v) is 20.7. The number of hydrogen-bond acceptors (Lipinski definition) is 8. The lowest BCUT2D eigenvalue weighted by atomic mass is 10.0. The lowest BCUT2D eigenvalue weighted by Crippen LogP contribution is -2.43. The van der Waals surface area contributed by atoms with Gasteiger partial charge in [0.1, 0.15) is 6.04 Å². The number of thioether (sulfide) groups is 1. The van der Waals surface area contributed by atoms with Crippen molar-refractivity contribution in [3.8, 4) is 0 Å². The number of anilines is 2. The summed E-state index contributed by atoms with van der Waals surface area (Å²) < 4.78 is 5.58. The maximum absolute atomic E-state index is 12.6. The molecule has 176 valence electrons. The summed E-state index contributed by atoms with van der Waals surface area (Å²) in [5, 5.41) is 16.0. The number of hydrogen-bond donors (Lipinski definition) is 3. The predicted octanol–water partition coefficient (Wildman–Crippen LogP) is 4.37. The molecule has 4 aromatic rings. The molecule has 3 N–H and O–H groups in total. The number of ether oxygens (including phenoxy) is 1. The van der Waals surface area contributed by atoms with Crippen molar-refractivity contribution in [2.75, 3.05) is 18.2 Å². The van der Waals surface area contributed by atoms with Crippen molar-refractivity contribution in [3.63, 3.8) is 0 Å². The molecule has 2 aromatic carbocycles. The van der Waals surface area contributed by atoms with Crippen LogP contribution in [-0.2, 0) is 20.7 Å². The van der Waals surface area contributed by atoms with Gasteiger partial charge in [0.05, 0.1) is 12.9 Å². The summed E-state index contributed by atoms with van der Waals surface area (Å²) in [5.41, 5.74) is 5.19. The number of nitrogens with one attached hydrogen (secondary N) is 3. The van der Waals surface area contributed by atoms with Gasteiger partial charge in [-0.15, -0.1) is 10.2 Å². The normalized spacial score (nSPS) is 11.9. The second-order valence-electron chi connectivity index (χ2n) is 7.81. The molecule has 0 radical (unpaired) electrons. The number of benzene rings is 2. The molecule has 8 nitrogen and oxygen atoms in total. The zero-order valence-electron chi connectivity index (χ0n) is 19.0. The molecule has 4 rings (SSSR count). The van der Waals surface area contributed by atoms with Crippen LogP contribution >= 0.6 is 23.1 Å². The van der Waals surface area contributed by atoms with Crippen LogP contribution < -0.4 is 10.6 Å². The topological polar surface area (TPSA) is 109 Å². The summed E-state index contributed by atoms with van der Waals surface area (Å²) in [5.74, 6) is -0.654. The third-order valence-corrected chi connectivity index (χ3v) is 7.25. The first-order valence-electron chi connectivity index (χ1n) is 10.7. The number of carbonyl (C=O) groups excluding carboxylic acids is 2. The van der Waals surface area contributed by atoms with Crippen LogP contribution in [-0.4, -0.2) is 46.0 Å². The second-order valence-corrected chi connectivity index (χ2v) is 10.0. The molecular formula is C24H25N5O3S2. The van der Waals surface area contributed by atoms with Gasteiger partial charge in [0.15, 0.2) is 4.34 Å². The zero-order chi connectivity index (χ0) is 24.1. The van der Waals surface area contributed by atoms with E-state index in [2.05, 4.69) is 31.9 Å². The van der Waals surface area contributed by atoms with E-state index in [-0.39, 0.29) is 11.7 Å². The molecular weight excluding hydrogens is 470 g/mol. The van der Waals surface area contributed by atoms with Crippen molar-refractivity contribution in [1.82, 2.24) is 20.5 Å². The number of H-pyrrole nitrogens is 1. The van der Waals surface area contributed by atoms with Crippen LogP contribution in [0, 0.1) is 13.8 Å². The van der Waals surface area contributed by atoms with Crippen LogP contribution in [0.5, 0.6) is 0 Å². The van der Waals surface area contributed by atoms with E-state index in [4.69, 9.17) is 4.74 Å². The largest absolute Gasteiger partial charge is 0.467 e. The Hall–Kier alpha value is -3.37. The quantitative estimate of drug-likeness (QED) is 0.234. The van der Waals surface area contributed by atoms with E-state index in [1.165, 1.54) is 35.8 Å². The van der Waals surface area contributed by atoms with E-state index in [9.17, 15) is 9.59 Å². The number of amides is 1. The lowest BCUT2D eigenvalue weighted by molar-refractivity contribution is -0.144. The molecule has 0 aliphatic rings. The van der Waals surface area contributed by atoms with Gasteiger partial charge in [0.2, 0.25) is 11.0 Å². The highest BCUT2D eigenvalue weighted by molar-refractivity contribution is 8.01. The van der Waals surface area contributed by atoms with Gasteiger partial charge in [-0.3, -0.25) is 4.79 Å². The number of rotatable bonds is 9. The maximum Gasteiger partial charge on any atom is 0.328 e. The Morgan fingerprint density at radius 2 is 2.00 bits per heavy atom. The van der Waals surface area contributed by atoms with Crippen molar-refractivity contribution in [3.05, 3.63) is 65.4 Å². The van der Waals surface area contributed by atoms with Gasteiger partial charge in [-0.05, 0) is 37.1 Å². The Bertz CT molecular complexity index is 1320. The Balaban J connectivity index is 1.34. The predicted molar refractivity (Wildman–Crippen MR) is 136 cm³/mol. The second kappa shape index (κ2) is 10.7. The van der Waals surface area contributed by atoms with Crippen LogP contribution in [0.2, 0.25) is 0 Å². The number of aromatic amines is 1. The minimum Gasteiger partial charge on any atom is -0.467 e. The molecule has 2 heterocycles. The molecule has 1 atom stereocenters. The molecule has 0 bridgehead atoms. The molecule has 0 aliphatic heterocycles. The minimum atomic E-state index is -0.784. The smallest absolute Gasteiger partial charge is 0.328 e. The highest BCUT2D eigenvalue weighted by atomic mass is 32.2. The number of aromatic nitrogens is 3. The standard InChI is InChI=1S/C24H25N5O3S2/c1-14-8-9-18(15(2)10-14)27-23-28-29-24(34-23)33-13-21(30)26-20(22(31)32-3)11-16-12-25-19-7-5-4-6-17(16)19/h4-10,12,20,25H,11,13H2,1-3H3,(H,26,30)(H,27,28)/t20-/m0/s1. The Kier molecular flexibility index (Phi) is 7.49. The summed E-state index contributed by atoms with van der Waals surface area (Å²) in [7, 11) is 1.32. The van der Waals surface area contributed by atoms with Crippen molar-refractivity contribution in [1.29, 1.82) is 0 Å². The molecule has 0 saturated heterocycles. The van der Waals surface area contributed by atoms with Crippen molar-refractivity contribution < 1.29 is 14.3 Å². The molecule has 0 unspecified atom stereocenters. The van der Waals surface area contributed by atoms with Gasteiger partial charge < -0.3 is 20.4 Å². The average Bonchev–Trinajstić information content (AvgIpc) is 3.45. The summed E-state index contributed by atoms with van der Waals surface area (Å²) in [4.78, 5) is 28.1. The number of methoxy groups -OCH3 is 1. The average molecular weight is 496 g/mol. The van der Waals surface area contributed by atoms with Crippen molar-refractivity contribution >= 4 is 56.7 Å². The van der Waals surface area contributed by atoms with E-state index < -0.39 is 12.0 Å². The van der Waals surface area contributed by atoms with E-state index in [1.54, 1.807) is 0 Å². The number of aryl methyl sites for hydroxylation is 2. The maximum atomic E-state index is 12.6. The number of fused-ring (bicyclic) bond motifs is 1. The number of esters is 1. The van der Waals surface area contributed by atoms with Gasteiger partial charge in [0, 0.05) is 29.2 Å². The summed E-state index contributed by atoms with van der Waals surface area (Å²) in [6.45, 7) is 4.08. The summed E-state index contributed by atoms with van der Waals surface area (Å²) in [6.07, 6.45) is 2.18. The lowest BCUT2D eigenvalue weighted by Gasteiger charge is -2.16. The molecule has 0 spiro atoms. The van der Waals surface area contributed by atoms with Crippen molar-refractivity contribution in [2.45, 2.75) is 30.6 Å². The highest BCUT2D eigenvalue weighted by Crippen LogP contribution is 2.29. The first kappa shape index (κ1) is 23.8. The SMILES string of the molecule is COC(=O)[C@H](Cc1c[nH]c2ccccc12)NC(=O)CSc1nnc(Nc2ccc(C)cc2C)s1. The van der Waals surface area contributed by atoms with Gasteiger partial charge in [-0.25, -0.2) is 4.79 Å². The van der Waals surface area contributed by atoms with Crippen LogP contribution in [0.3, 0.4) is 0 Å². The monoisotopic (exact) mass is 495 g/mol. The number of carbonyl (C=O) groups is 2. The number of nitrogens with zero attached hydrogens (tertiary/aromatic N) is 2. The van der Waals surface area contributed by atoms with Crippen LogP contribution in [0.25, 0.3) is 10.9 Å². The third kappa shape index (κ3) is 5.75. The fraction of sp³-hybridized carbons (Fsp3) is 0.250. The van der Waals surface area contributed by atoms with Gasteiger partial charge in [-0.1, -0.05) is 59.0 Å². The summed E-state index contributed by atoms with van der Waals surface area (Å²) >= 11 is 2.64. The van der Waals surface area contributed by atoms with Crippen LogP contribution in [0.1, 0.15) is 16.7 Å². The van der Waals surface area contributed by atoms with Crippen molar-refractivity contribution in [2.24, 2.45) is 0 Å². The molecule has 2 aromatic heterocycles. The fourth-order valence-electron chi connectivity index (χ4n) is 3.61.